The lowest BCUT2D eigenvalue weighted by Crippen LogP contribution is -2.04. The molecule has 0 aromatic heterocycles. The van der Waals surface area contributed by atoms with Crippen molar-refractivity contribution in [1.82, 2.24) is 0 Å². The highest BCUT2D eigenvalue weighted by atomic mass is 79.9. The van der Waals surface area contributed by atoms with Crippen molar-refractivity contribution in [2.75, 3.05) is 14.2 Å². The van der Waals surface area contributed by atoms with Crippen molar-refractivity contribution in [2.24, 2.45) is 0 Å². The van der Waals surface area contributed by atoms with E-state index in [-0.39, 0.29) is 10.3 Å². The summed E-state index contributed by atoms with van der Waals surface area (Å²) in [7, 11) is 3.01. The normalized spacial score (nSPS) is 10.3. The van der Waals surface area contributed by atoms with E-state index in [9.17, 15) is 9.18 Å². The summed E-state index contributed by atoms with van der Waals surface area (Å²) >= 11 is 6.41. The van der Waals surface area contributed by atoms with Gasteiger partial charge in [-0.05, 0) is 62.2 Å². The second kappa shape index (κ2) is 6.58. The van der Waals surface area contributed by atoms with Gasteiger partial charge in [0.25, 0.3) is 0 Å². The van der Waals surface area contributed by atoms with Gasteiger partial charge in [-0.3, -0.25) is 4.79 Å². The lowest BCUT2D eigenvalue weighted by molar-refractivity contribution is 0.103. The third kappa shape index (κ3) is 3.27. The molecule has 0 saturated heterocycles. The first-order valence-electron chi connectivity index (χ1n) is 5.89. The van der Waals surface area contributed by atoms with Crippen LogP contribution in [0.4, 0.5) is 4.39 Å². The van der Waals surface area contributed by atoms with Crippen LogP contribution < -0.4 is 9.47 Å². The van der Waals surface area contributed by atoms with Gasteiger partial charge in [-0.25, -0.2) is 4.39 Å². The second-order valence-electron chi connectivity index (χ2n) is 4.15. The van der Waals surface area contributed by atoms with Crippen LogP contribution in [0.1, 0.15) is 15.9 Å². The number of benzene rings is 2. The summed E-state index contributed by atoms with van der Waals surface area (Å²) in [5.74, 6) is 0.299. The van der Waals surface area contributed by atoms with Gasteiger partial charge in [0.2, 0.25) is 0 Å². The Morgan fingerprint density at radius 1 is 1.00 bits per heavy atom. The first kappa shape index (κ1) is 16.0. The fourth-order valence-electron chi connectivity index (χ4n) is 1.82. The molecule has 0 bridgehead atoms. The summed E-state index contributed by atoms with van der Waals surface area (Å²) in [5, 5.41) is 0. The Hall–Kier alpha value is -1.40. The molecule has 0 unspecified atom stereocenters. The minimum atomic E-state index is -0.419. The first-order chi connectivity index (χ1) is 9.97. The van der Waals surface area contributed by atoms with Crippen LogP contribution in [0.3, 0.4) is 0 Å². The lowest BCUT2D eigenvalue weighted by atomic mass is 10.0. The van der Waals surface area contributed by atoms with Gasteiger partial charge >= 0.3 is 0 Å². The minimum Gasteiger partial charge on any atom is -0.493 e. The maximum absolute atomic E-state index is 13.3. The van der Waals surface area contributed by atoms with Crippen molar-refractivity contribution < 1.29 is 18.7 Å². The van der Waals surface area contributed by atoms with Crippen molar-refractivity contribution in [1.29, 1.82) is 0 Å². The topological polar surface area (TPSA) is 35.5 Å². The zero-order valence-electron chi connectivity index (χ0n) is 11.2. The summed E-state index contributed by atoms with van der Waals surface area (Å²) in [6, 6.07) is 7.37. The monoisotopic (exact) mass is 416 g/mol. The van der Waals surface area contributed by atoms with E-state index in [0.29, 0.717) is 27.1 Å². The Balaban J connectivity index is 2.50. The number of hydrogen-bond donors (Lipinski definition) is 0. The molecule has 0 aliphatic rings. The summed E-state index contributed by atoms with van der Waals surface area (Å²) in [6.07, 6.45) is 0. The molecule has 110 valence electrons. The molecular formula is C15H11Br2FO3. The maximum atomic E-state index is 13.3. The van der Waals surface area contributed by atoms with E-state index in [0.717, 1.165) is 0 Å². The summed E-state index contributed by atoms with van der Waals surface area (Å²) < 4.78 is 24.4. The van der Waals surface area contributed by atoms with Crippen LogP contribution in [-0.4, -0.2) is 20.0 Å². The van der Waals surface area contributed by atoms with Crippen LogP contribution in [0.2, 0.25) is 0 Å². The highest BCUT2D eigenvalue weighted by Gasteiger charge is 2.18. The number of ketones is 1. The van der Waals surface area contributed by atoms with Gasteiger partial charge in [0.15, 0.2) is 17.3 Å². The maximum Gasteiger partial charge on any atom is 0.194 e. The number of ether oxygens (including phenoxy) is 2. The molecule has 6 heteroatoms. The highest BCUT2D eigenvalue weighted by Crippen LogP contribution is 2.34. The zero-order chi connectivity index (χ0) is 15.6. The van der Waals surface area contributed by atoms with Gasteiger partial charge in [-0.2, -0.15) is 0 Å². The Kier molecular flexibility index (Phi) is 5.00. The zero-order valence-corrected chi connectivity index (χ0v) is 14.4. The molecule has 2 aromatic carbocycles. The van der Waals surface area contributed by atoms with Crippen LogP contribution in [0.25, 0.3) is 0 Å². The first-order valence-corrected chi connectivity index (χ1v) is 7.47. The van der Waals surface area contributed by atoms with E-state index in [2.05, 4.69) is 31.9 Å². The predicted molar refractivity (Wildman–Crippen MR) is 84.8 cm³/mol. The number of methoxy groups -OCH3 is 2. The third-order valence-corrected chi connectivity index (χ3v) is 4.16. The van der Waals surface area contributed by atoms with E-state index in [1.54, 1.807) is 12.1 Å². The van der Waals surface area contributed by atoms with E-state index < -0.39 is 5.82 Å². The molecule has 0 aliphatic carbocycles. The van der Waals surface area contributed by atoms with Crippen molar-refractivity contribution in [3.8, 4) is 11.5 Å². The molecule has 2 rings (SSSR count). The number of hydrogen-bond acceptors (Lipinski definition) is 3. The van der Waals surface area contributed by atoms with Gasteiger partial charge in [0, 0.05) is 15.6 Å². The molecule has 21 heavy (non-hydrogen) atoms. The van der Waals surface area contributed by atoms with Crippen LogP contribution in [0, 0.1) is 5.82 Å². The van der Waals surface area contributed by atoms with E-state index >= 15 is 0 Å². The van der Waals surface area contributed by atoms with Crippen LogP contribution in [-0.2, 0) is 0 Å². The van der Waals surface area contributed by atoms with Gasteiger partial charge in [-0.15, -0.1) is 0 Å². The third-order valence-electron chi connectivity index (χ3n) is 2.90. The molecule has 0 fully saturated rings. The smallest absolute Gasteiger partial charge is 0.194 e. The summed E-state index contributed by atoms with van der Waals surface area (Å²) in [6.45, 7) is 0. The van der Waals surface area contributed by atoms with Gasteiger partial charge in [0.1, 0.15) is 5.82 Å². The number of carbonyl (C=O) groups is 1. The Bertz CT molecular complexity index is 702. The fourth-order valence-corrected chi connectivity index (χ4v) is 2.70. The molecule has 0 heterocycles. The molecule has 0 atom stereocenters. The standard InChI is InChI=1S/C15H11Br2FO3/c1-20-13-6-9(10(16)7-14(13)21-2)15(19)8-3-4-12(18)11(17)5-8/h3-7H,1-2H3. The SMILES string of the molecule is COc1cc(Br)c(C(=O)c2ccc(F)c(Br)c2)cc1OC. The van der Waals surface area contributed by atoms with E-state index in [4.69, 9.17) is 9.47 Å². The van der Waals surface area contributed by atoms with Crippen molar-refractivity contribution in [3.05, 3.63) is 56.2 Å². The van der Waals surface area contributed by atoms with Crippen LogP contribution >= 0.6 is 31.9 Å². The number of carbonyl (C=O) groups excluding carboxylic acids is 1. The van der Waals surface area contributed by atoms with Crippen molar-refractivity contribution in [3.63, 3.8) is 0 Å². The molecule has 3 nitrogen and oxygen atoms in total. The Labute approximate surface area is 138 Å². The molecule has 0 spiro atoms. The highest BCUT2D eigenvalue weighted by molar-refractivity contribution is 9.10. The quantitative estimate of drug-likeness (QED) is 0.682. The average molecular weight is 418 g/mol. The molecule has 0 amide bonds. The Morgan fingerprint density at radius 3 is 2.19 bits per heavy atom. The van der Waals surface area contributed by atoms with Crippen LogP contribution in [0.5, 0.6) is 11.5 Å². The van der Waals surface area contributed by atoms with Crippen molar-refractivity contribution in [2.45, 2.75) is 0 Å². The second-order valence-corrected chi connectivity index (χ2v) is 5.85. The van der Waals surface area contributed by atoms with Gasteiger partial charge < -0.3 is 9.47 Å². The number of halogens is 3. The molecule has 0 saturated carbocycles. The largest absolute Gasteiger partial charge is 0.493 e. The average Bonchev–Trinajstić information content (AvgIpc) is 2.49. The van der Waals surface area contributed by atoms with E-state index in [1.807, 2.05) is 0 Å². The molecule has 0 radical (unpaired) electrons. The van der Waals surface area contributed by atoms with Crippen LogP contribution in [0.15, 0.2) is 39.3 Å². The lowest BCUT2D eigenvalue weighted by Gasteiger charge is -2.11. The molecule has 0 aliphatic heterocycles. The predicted octanol–water partition coefficient (Wildman–Crippen LogP) is 4.60. The summed E-state index contributed by atoms with van der Waals surface area (Å²) in [5.41, 5.74) is 0.780. The minimum absolute atomic E-state index is 0.241. The number of rotatable bonds is 4. The molecule has 0 N–H and O–H groups in total. The van der Waals surface area contributed by atoms with E-state index in [1.165, 1.54) is 32.4 Å². The Morgan fingerprint density at radius 2 is 1.62 bits per heavy atom. The molecular weight excluding hydrogens is 407 g/mol. The summed E-state index contributed by atoms with van der Waals surface area (Å²) in [4.78, 5) is 12.5. The van der Waals surface area contributed by atoms with Gasteiger partial charge in [0.05, 0.1) is 18.7 Å². The fraction of sp³-hybridized carbons (Fsp3) is 0.133. The van der Waals surface area contributed by atoms with Gasteiger partial charge in [-0.1, -0.05) is 0 Å². The van der Waals surface area contributed by atoms with Crippen molar-refractivity contribution >= 4 is 37.6 Å². The molecule has 2 aromatic rings.